The highest BCUT2D eigenvalue weighted by molar-refractivity contribution is 6.08. The van der Waals surface area contributed by atoms with E-state index < -0.39 is 0 Å². The van der Waals surface area contributed by atoms with Gasteiger partial charge in [-0.1, -0.05) is 30.3 Å². The number of piperazine rings is 1. The number of nitrogens with one attached hydrogen (secondary N) is 1. The van der Waals surface area contributed by atoms with Crippen LogP contribution in [-0.2, 0) is 0 Å². The van der Waals surface area contributed by atoms with Crippen LogP contribution in [0.2, 0.25) is 0 Å². The molecule has 1 N–H and O–H groups in total. The molecule has 7 nitrogen and oxygen atoms in total. The largest absolute Gasteiger partial charge is 0.497 e. The molecule has 7 heteroatoms. The van der Waals surface area contributed by atoms with Crippen molar-refractivity contribution < 1.29 is 9.53 Å². The molecule has 0 bridgehead atoms. The highest BCUT2D eigenvalue weighted by Gasteiger charge is 2.20. The van der Waals surface area contributed by atoms with Crippen molar-refractivity contribution in [3.63, 3.8) is 0 Å². The fraction of sp³-hybridized carbons (Fsp3) is 0.214. The molecule has 0 radical (unpaired) electrons. The van der Waals surface area contributed by atoms with Crippen molar-refractivity contribution in [1.29, 1.82) is 0 Å². The summed E-state index contributed by atoms with van der Waals surface area (Å²) in [4.78, 5) is 18.1. The Kier molecular flexibility index (Phi) is 6.50. The molecule has 4 aromatic rings. The Bertz CT molecular complexity index is 1290. The molecule has 1 amide bonds. The summed E-state index contributed by atoms with van der Waals surface area (Å²) in [6.07, 6.45) is 1.78. The second-order valence-electron chi connectivity index (χ2n) is 8.69. The molecule has 3 aromatic carbocycles. The van der Waals surface area contributed by atoms with Crippen molar-refractivity contribution in [1.82, 2.24) is 14.7 Å². The van der Waals surface area contributed by atoms with Crippen LogP contribution in [0.25, 0.3) is 16.9 Å². The Labute approximate surface area is 205 Å². The Balaban J connectivity index is 1.42. The van der Waals surface area contributed by atoms with Gasteiger partial charge in [-0.15, -0.1) is 0 Å². The molecule has 1 saturated heterocycles. The van der Waals surface area contributed by atoms with Crippen molar-refractivity contribution in [2.24, 2.45) is 0 Å². The number of hydrogen-bond acceptors (Lipinski definition) is 5. The van der Waals surface area contributed by atoms with Crippen LogP contribution >= 0.6 is 0 Å². The molecule has 2 heterocycles. The number of benzene rings is 3. The average Bonchev–Trinajstić information content (AvgIpc) is 3.36. The number of ether oxygens (including phenoxy) is 1. The van der Waals surface area contributed by atoms with Crippen LogP contribution in [0.1, 0.15) is 10.4 Å². The number of carbonyl (C=O) groups is 1. The van der Waals surface area contributed by atoms with Crippen LogP contribution in [0.3, 0.4) is 0 Å². The maximum Gasteiger partial charge on any atom is 0.259 e. The minimum absolute atomic E-state index is 0.211. The van der Waals surface area contributed by atoms with Crippen LogP contribution in [0.5, 0.6) is 5.75 Å². The Morgan fingerprint density at radius 2 is 1.63 bits per heavy atom. The molecular weight excluding hydrogens is 438 g/mol. The monoisotopic (exact) mass is 467 g/mol. The van der Waals surface area contributed by atoms with Gasteiger partial charge in [0.05, 0.1) is 18.4 Å². The number of amides is 1. The lowest BCUT2D eigenvalue weighted by Gasteiger charge is -2.34. The van der Waals surface area contributed by atoms with Crippen LogP contribution in [-0.4, -0.2) is 60.9 Å². The topological polar surface area (TPSA) is 62.6 Å². The lowest BCUT2D eigenvalue weighted by atomic mass is 10.1. The Morgan fingerprint density at radius 3 is 2.34 bits per heavy atom. The Morgan fingerprint density at radius 1 is 0.886 bits per heavy atom. The second-order valence-corrected chi connectivity index (χ2v) is 8.69. The van der Waals surface area contributed by atoms with E-state index in [9.17, 15) is 4.79 Å². The number of rotatable bonds is 6. The van der Waals surface area contributed by atoms with Gasteiger partial charge in [0.15, 0.2) is 0 Å². The van der Waals surface area contributed by atoms with Gasteiger partial charge >= 0.3 is 0 Å². The molecule has 178 valence electrons. The first-order valence-corrected chi connectivity index (χ1v) is 11.7. The first-order valence-electron chi connectivity index (χ1n) is 11.7. The predicted molar refractivity (Wildman–Crippen MR) is 140 cm³/mol. The molecular formula is C28H29N5O2. The number of anilines is 2. The number of hydrogen-bond donors (Lipinski definition) is 1. The lowest BCUT2D eigenvalue weighted by molar-refractivity contribution is 0.102. The molecule has 0 saturated carbocycles. The van der Waals surface area contributed by atoms with E-state index in [4.69, 9.17) is 9.84 Å². The highest BCUT2D eigenvalue weighted by atomic mass is 16.5. The summed E-state index contributed by atoms with van der Waals surface area (Å²) in [6, 6.07) is 25.4. The number of nitrogens with zero attached hydrogens (tertiary/aromatic N) is 4. The molecule has 0 unspecified atom stereocenters. The van der Waals surface area contributed by atoms with E-state index in [1.807, 2.05) is 66.7 Å². The zero-order valence-corrected chi connectivity index (χ0v) is 20.0. The molecule has 1 aliphatic heterocycles. The molecule has 0 spiro atoms. The zero-order valence-electron chi connectivity index (χ0n) is 20.0. The van der Waals surface area contributed by atoms with Crippen molar-refractivity contribution in [3.05, 3.63) is 90.6 Å². The number of methoxy groups -OCH3 is 1. The van der Waals surface area contributed by atoms with Gasteiger partial charge in [-0.2, -0.15) is 5.10 Å². The summed E-state index contributed by atoms with van der Waals surface area (Å²) >= 11 is 0. The number of para-hydroxylation sites is 1. The van der Waals surface area contributed by atoms with Gasteiger partial charge in [-0.05, 0) is 55.6 Å². The van der Waals surface area contributed by atoms with E-state index in [0.717, 1.165) is 43.1 Å². The van der Waals surface area contributed by atoms with E-state index in [1.165, 1.54) is 5.69 Å². The minimum atomic E-state index is -0.211. The van der Waals surface area contributed by atoms with Crippen LogP contribution < -0.4 is 15.0 Å². The van der Waals surface area contributed by atoms with Crippen LogP contribution in [0.4, 0.5) is 11.4 Å². The van der Waals surface area contributed by atoms with Gasteiger partial charge in [0, 0.05) is 49.3 Å². The zero-order chi connectivity index (χ0) is 24.2. The number of likely N-dealkylation sites (N-methyl/N-ethyl adjacent to an activating group) is 1. The molecule has 0 atom stereocenters. The summed E-state index contributed by atoms with van der Waals surface area (Å²) < 4.78 is 7.13. The summed E-state index contributed by atoms with van der Waals surface area (Å²) in [7, 11) is 3.77. The summed E-state index contributed by atoms with van der Waals surface area (Å²) in [6.45, 7) is 4.11. The third-order valence-electron chi connectivity index (χ3n) is 6.32. The second kappa shape index (κ2) is 10.0. The van der Waals surface area contributed by atoms with Crippen molar-refractivity contribution in [2.45, 2.75) is 0 Å². The van der Waals surface area contributed by atoms with Crippen LogP contribution in [0.15, 0.2) is 85.1 Å². The number of carbonyl (C=O) groups excluding carboxylic acids is 1. The Hall–Kier alpha value is -4.10. The van der Waals surface area contributed by atoms with Gasteiger partial charge in [-0.25, -0.2) is 4.68 Å². The quantitative estimate of drug-likeness (QED) is 0.451. The lowest BCUT2D eigenvalue weighted by Crippen LogP contribution is -2.44. The van der Waals surface area contributed by atoms with Crippen molar-refractivity contribution in [3.8, 4) is 22.7 Å². The third kappa shape index (κ3) is 5.05. The minimum Gasteiger partial charge on any atom is -0.497 e. The first kappa shape index (κ1) is 22.7. The van der Waals surface area contributed by atoms with E-state index >= 15 is 0 Å². The molecule has 35 heavy (non-hydrogen) atoms. The van der Waals surface area contributed by atoms with Gasteiger partial charge in [0.2, 0.25) is 0 Å². The smallest absolute Gasteiger partial charge is 0.259 e. The summed E-state index contributed by atoms with van der Waals surface area (Å²) in [5.74, 6) is 0.500. The maximum atomic E-state index is 13.4. The third-order valence-corrected chi connectivity index (χ3v) is 6.32. The van der Waals surface area contributed by atoms with E-state index in [1.54, 1.807) is 18.0 Å². The molecule has 1 fully saturated rings. The predicted octanol–water partition coefficient (Wildman–Crippen LogP) is 4.55. The van der Waals surface area contributed by atoms with Gasteiger partial charge < -0.3 is 19.9 Å². The maximum absolute atomic E-state index is 13.4. The van der Waals surface area contributed by atoms with Gasteiger partial charge in [0.1, 0.15) is 11.4 Å². The number of aromatic nitrogens is 2. The summed E-state index contributed by atoms with van der Waals surface area (Å²) in [5, 5.41) is 7.81. The van der Waals surface area contributed by atoms with Crippen molar-refractivity contribution in [2.75, 3.05) is 50.6 Å². The standard InChI is InChI=1S/C28H29N5O2/c1-31-15-17-32(18-16-31)23-13-11-22(12-14-23)29-28(34)26-20-33(24-8-4-3-5-9-24)30-27(26)21-7-6-10-25(19-21)35-2/h3-14,19-20H,15-18H2,1-2H3,(H,29,34). The first-order chi connectivity index (χ1) is 17.1. The van der Waals surface area contributed by atoms with E-state index in [-0.39, 0.29) is 5.91 Å². The fourth-order valence-electron chi connectivity index (χ4n) is 4.26. The van der Waals surface area contributed by atoms with E-state index in [2.05, 4.69) is 34.3 Å². The summed E-state index contributed by atoms with van der Waals surface area (Å²) in [5.41, 5.74) is 4.70. The molecule has 1 aliphatic rings. The van der Waals surface area contributed by atoms with Crippen molar-refractivity contribution >= 4 is 17.3 Å². The van der Waals surface area contributed by atoms with Gasteiger partial charge in [-0.3, -0.25) is 4.79 Å². The normalized spacial score (nSPS) is 14.1. The van der Waals surface area contributed by atoms with Gasteiger partial charge in [0.25, 0.3) is 5.91 Å². The fourth-order valence-corrected chi connectivity index (χ4v) is 4.26. The van der Waals surface area contributed by atoms with Crippen LogP contribution in [0, 0.1) is 0 Å². The average molecular weight is 468 g/mol. The SMILES string of the molecule is COc1cccc(-c2nn(-c3ccccc3)cc2C(=O)Nc2ccc(N3CCN(C)CC3)cc2)c1. The highest BCUT2D eigenvalue weighted by Crippen LogP contribution is 2.28. The molecule has 1 aromatic heterocycles. The molecule has 5 rings (SSSR count). The molecule has 0 aliphatic carbocycles. The van der Waals surface area contributed by atoms with E-state index in [0.29, 0.717) is 17.0 Å².